The highest BCUT2D eigenvalue weighted by molar-refractivity contribution is 7.13. The molecule has 1 aromatic heterocycles. The third kappa shape index (κ3) is 4.23. The van der Waals surface area contributed by atoms with Gasteiger partial charge in [-0.3, -0.25) is 9.69 Å². The van der Waals surface area contributed by atoms with Crippen molar-refractivity contribution in [2.75, 3.05) is 18.4 Å². The Bertz CT molecular complexity index is 610. The van der Waals surface area contributed by atoms with Gasteiger partial charge in [-0.2, -0.15) is 0 Å². The zero-order chi connectivity index (χ0) is 17.4. The Morgan fingerprint density at radius 1 is 1.32 bits per heavy atom. The molecule has 2 heterocycles. The van der Waals surface area contributed by atoms with Crippen molar-refractivity contribution in [2.45, 2.75) is 64.7 Å². The molecule has 2 saturated carbocycles. The fraction of sp³-hybridized carbons (Fsp3) is 0.789. The highest BCUT2D eigenvalue weighted by atomic mass is 32.1. The first-order chi connectivity index (χ1) is 12.0. The SMILES string of the molecule is C[C@@H]1CN(Cc2csc(NC(=O)C[C@H]3C[C@@H]4CC[C@@H]3C4)n2)C[C@H](C)O1. The number of amides is 1. The Labute approximate surface area is 154 Å². The predicted molar refractivity (Wildman–Crippen MR) is 99.6 cm³/mol. The van der Waals surface area contributed by atoms with E-state index in [1.54, 1.807) is 11.3 Å². The first-order valence-corrected chi connectivity index (χ1v) is 10.5. The number of carbonyl (C=O) groups is 1. The molecule has 1 amide bonds. The van der Waals surface area contributed by atoms with Crippen LogP contribution in [0.3, 0.4) is 0 Å². The zero-order valence-corrected chi connectivity index (χ0v) is 16.1. The van der Waals surface area contributed by atoms with Crippen molar-refractivity contribution in [2.24, 2.45) is 17.8 Å². The third-order valence-electron chi connectivity index (χ3n) is 6.01. The summed E-state index contributed by atoms with van der Waals surface area (Å²) in [4.78, 5) is 19.4. The van der Waals surface area contributed by atoms with Gasteiger partial charge in [0.05, 0.1) is 17.9 Å². The van der Waals surface area contributed by atoms with Crippen LogP contribution in [0.15, 0.2) is 5.38 Å². The van der Waals surface area contributed by atoms with Crippen LogP contribution in [-0.4, -0.2) is 41.1 Å². The number of aromatic nitrogens is 1. The quantitative estimate of drug-likeness (QED) is 0.870. The topological polar surface area (TPSA) is 54.5 Å². The average molecular weight is 364 g/mol. The summed E-state index contributed by atoms with van der Waals surface area (Å²) in [5, 5.41) is 5.84. The molecule has 3 fully saturated rings. The lowest BCUT2D eigenvalue weighted by molar-refractivity contribution is -0.117. The van der Waals surface area contributed by atoms with Crippen molar-refractivity contribution < 1.29 is 9.53 Å². The number of morpholine rings is 1. The maximum absolute atomic E-state index is 12.4. The first kappa shape index (κ1) is 17.4. The highest BCUT2D eigenvalue weighted by Gasteiger charge is 2.40. The Kier molecular flexibility index (Phi) is 5.11. The minimum atomic E-state index is 0.145. The molecule has 2 aliphatic carbocycles. The fourth-order valence-electron chi connectivity index (χ4n) is 5.11. The van der Waals surface area contributed by atoms with Crippen LogP contribution in [0.1, 0.15) is 51.6 Å². The lowest BCUT2D eigenvalue weighted by atomic mass is 9.86. The molecule has 0 radical (unpaired) electrons. The van der Waals surface area contributed by atoms with Crippen molar-refractivity contribution in [3.63, 3.8) is 0 Å². The molecule has 25 heavy (non-hydrogen) atoms. The van der Waals surface area contributed by atoms with E-state index in [2.05, 4.69) is 34.4 Å². The summed E-state index contributed by atoms with van der Waals surface area (Å²) in [7, 11) is 0. The molecule has 1 saturated heterocycles. The van der Waals surface area contributed by atoms with Crippen LogP contribution < -0.4 is 5.32 Å². The van der Waals surface area contributed by atoms with E-state index in [0.29, 0.717) is 12.3 Å². The molecule has 1 aromatic rings. The Balaban J connectivity index is 1.27. The molecular weight excluding hydrogens is 334 g/mol. The van der Waals surface area contributed by atoms with Gasteiger partial charge in [0, 0.05) is 31.4 Å². The van der Waals surface area contributed by atoms with Gasteiger partial charge in [-0.1, -0.05) is 6.42 Å². The molecule has 4 rings (SSSR count). The third-order valence-corrected chi connectivity index (χ3v) is 6.82. The average Bonchev–Trinajstić information content (AvgIpc) is 3.23. The second-order valence-electron chi connectivity index (χ2n) is 8.28. The number of ether oxygens (including phenoxy) is 1. The highest BCUT2D eigenvalue weighted by Crippen LogP contribution is 2.49. The van der Waals surface area contributed by atoms with Crippen molar-refractivity contribution >= 4 is 22.4 Å². The number of carbonyl (C=O) groups excluding carboxylic acids is 1. The van der Waals surface area contributed by atoms with Crippen molar-refractivity contribution in [1.82, 2.24) is 9.88 Å². The van der Waals surface area contributed by atoms with Gasteiger partial charge in [0.1, 0.15) is 0 Å². The molecule has 0 aromatic carbocycles. The monoisotopic (exact) mass is 363 g/mol. The second-order valence-corrected chi connectivity index (χ2v) is 9.14. The van der Waals surface area contributed by atoms with E-state index in [-0.39, 0.29) is 18.1 Å². The molecule has 0 spiro atoms. The summed E-state index contributed by atoms with van der Waals surface area (Å²) in [6.07, 6.45) is 6.54. The van der Waals surface area contributed by atoms with E-state index < -0.39 is 0 Å². The number of rotatable bonds is 5. The van der Waals surface area contributed by atoms with Crippen LogP contribution in [0.25, 0.3) is 0 Å². The minimum absolute atomic E-state index is 0.145. The van der Waals surface area contributed by atoms with Crippen molar-refractivity contribution in [3.8, 4) is 0 Å². The van der Waals surface area contributed by atoms with Gasteiger partial charge in [0.15, 0.2) is 5.13 Å². The number of hydrogen-bond acceptors (Lipinski definition) is 5. The van der Waals surface area contributed by atoms with Crippen LogP contribution in [0, 0.1) is 17.8 Å². The van der Waals surface area contributed by atoms with E-state index in [4.69, 9.17) is 4.74 Å². The number of nitrogens with zero attached hydrogens (tertiary/aromatic N) is 2. The summed E-state index contributed by atoms with van der Waals surface area (Å²) < 4.78 is 5.78. The Morgan fingerprint density at radius 2 is 2.12 bits per heavy atom. The molecule has 6 heteroatoms. The normalized spacial score (nSPS) is 35.2. The molecule has 1 N–H and O–H groups in total. The molecule has 138 valence electrons. The number of hydrogen-bond donors (Lipinski definition) is 1. The van der Waals surface area contributed by atoms with E-state index >= 15 is 0 Å². The van der Waals surface area contributed by atoms with Crippen LogP contribution in [0.2, 0.25) is 0 Å². The predicted octanol–water partition coefficient (Wildman–Crippen LogP) is 3.52. The molecular formula is C19H29N3O2S. The van der Waals surface area contributed by atoms with Gasteiger partial charge in [-0.05, 0) is 50.9 Å². The summed E-state index contributed by atoms with van der Waals surface area (Å²) in [6, 6.07) is 0. The summed E-state index contributed by atoms with van der Waals surface area (Å²) in [6.45, 7) is 6.94. The molecule has 5 nitrogen and oxygen atoms in total. The van der Waals surface area contributed by atoms with Crippen molar-refractivity contribution in [1.29, 1.82) is 0 Å². The number of thiazole rings is 1. The molecule has 2 bridgehead atoms. The van der Waals surface area contributed by atoms with Gasteiger partial charge >= 0.3 is 0 Å². The van der Waals surface area contributed by atoms with E-state index in [1.807, 2.05) is 0 Å². The Hall–Kier alpha value is -0.980. The second kappa shape index (κ2) is 7.33. The van der Waals surface area contributed by atoms with Gasteiger partial charge in [-0.15, -0.1) is 11.3 Å². The molecule has 0 unspecified atom stereocenters. The van der Waals surface area contributed by atoms with Crippen LogP contribution >= 0.6 is 11.3 Å². The summed E-state index contributed by atoms with van der Waals surface area (Å²) in [5.74, 6) is 2.45. The maximum Gasteiger partial charge on any atom is 0.226 e. The molecule has 1 aliphatic heterocycles. The number of nitrogens with one attached hydrogen (secondary N) is 1. The fourth-order valence-corrected chi connectivity index (χ4v) is 5.83. The van der Waals surface area contributed by atoms with Crippen LogP contribution in [0.4, 0.5) is 5.13 Å². The lowest BCUT2D eigenvalue weighted by Gasteiger charge is -2.34. The van der Waals surface area contributed by atoms with E-state index in [1.165, 1.54) is 25.7 Å². The minimum Gasteiger partial charge on any atom is -0.373 e. The van der Waals surface area contributed by atoms with E-state index in [9.17, 15) is 4.79 Å². The lowest BCUT2D eigenvalue weighted by Crippen LogP contribution is -2.44. The summed E-state index contributed by atoms with van der Waals surface area (Å²) in [5.41, 5.74) is 1.04. The Morgan fingerprint density at radius 3 is 2.80 bits per heavy atom. The van der Waals surface area contributed by atoms with Crippen molar-refractivity contribution in [3.05, 3.63) is 11.1 Å². The van der Waals surface area contributed by atoms with Gasteiger partial charge < -0.3 is 10.1 Å². The smallest absolute Gasteiger partial charge is 0.226 e. The maximum atomic E-state index is 12.4. The molecule has 3 aliphatic rings. The van der Waals surface area contributed by atoms with Crippen LogP contribution in [0.5, 0.6) is 0 Å². The first-order valence-electron chi connectivity index (χ1n) is 9.67. The van der Waals surface area contributed by atoms with Crippen LogP contribution in [-0.2, 0) is 16.1 Å². The molecule has 5 atom stereocenters. The number of anilines is 1. The van der Waals surface area contributed by atoms with E-state index in [0.717, 1.165) is 42.3 Å². The number of fused-ring (bicyclic) bond motifs is 2. The largest absolute Gasteiger partial charge is 0.373 e. The zero-order valence-electron chi connectivity index (χ0n) is 15.2. The summed E-state index contributed by atoms with van der Waals surface area (Å²) >= 11 is 1.54. The van der Waals surface area contributed by atoms with Gasteiger partial charge in [-0.25, -0.2) is 4.98 Å². The standard InChI is InChI=1S/C19H29N3O2S/c1-12-8-22(9-13(2)24-12)10-17-11-25-19(20-17)21-18(23)7-16-6-14-3-4-15(16)5-14/h11-16H,3-10H2,1-2H3,(H,20,21,23)/t12-,13+,14-,15-,16-/m1/s1. The van der Waals surface area contributed by atoms with Gasteiger partial charge in [0.25, 0.3) is 0 Å². The van der Waals surface area contributed by atoms with Gasteiger partial charge in [0.2, 0.25) is 5.91 Å².